The van der Waals surface area contributed by atoms with Gasteiger partial charge < -0.3 is 39.9 Å². The summed E-state index contributed by atoms with van der Waals surface area (Å²) in [5, 5.41) is 8.41. The Morgan fingerprint density at radius 2 is 0.868 bits per heavy atom. The average molecular weight is 1640 g/mol. The van der Waals surface area contributed by atoms with E-state index >= 15 is 0 Å². The van der Waals surface area contributed by atoms with Crippen molar-refractivity contribution in [3.05, 3.63) is 204 Å². The molecule has 0 spiro atoms. The number of hydrogen-bond acceptors (Lipinski definition) is 15. The Labute approximate surface area is 699 Å². The van der Waals surface area contributed by atoms with E-state index in [2.05, 4.69) is 167 Å². The molecule has 15 rings (SSSR count). The second-order valence-electron chi connectivity index (χ2n) is 33.3. The van der Waals surface area contributed by atoms with Crippen LogP contribution in [0.15, 0.2) is 128 Å². The van der Waals surface area contributed by atoms with Crippen molar-refractivity contribution >= 4 is 106 Å². The van der Waals surface area contributed by atoms with Crippen LogP contribution in [-0.2, 0) is 56.6 Å². The average Bonchev–Trinajstić information content (AvgIpc) is 1.61. The number of ketones is 1. The molecule has 10 aromatic rings. The molecule has 0 saturated carbocycles. The van der Waals surface area contributed by atoms with Crippen molar-refractivity contribution in [1.82, 2.24) is 54.7 Å². The van der Waals surface area contributed by atoms with E-state index in [0.29, 0.717) is 18.2 Å². The molecule has 610 valence electrons. The maximum absolute atomic E-state index is 13.5. The van der Waals surface area contributed by atoms with Gasteiger partial charge in [-0.2, -0.15) is 0 Å². The number of amides is 3. The molecule has 17 nitrogen and oxygen atoms in total. The van der Waals surface area contributed by atoms with E-state index < -0.39 is 16.2 Å². The van der Waals surface area contributed by atoms with Crippen molar-refractivity contribution in [3.63, 3.8) is 0 Å². The SMILES string of the molecule is CN(N)c1ccc(C(C)(C)C(=O)N2CCCC2)s1.Cc1cc(C)cc(-c2[nH]c3sc(C(C)(C)C(=O)N4CCCC4)cc3c2CCCl)c1.Cc1cc(C)cc(-c2[nH]c3sc(C(C)(C)C(=O)N4CCCC4)cc3c2CCN2CCN(Cc3cccnc3)CC2)c1.Cc1cc(C)cc(C(=O)CCCl)c1.c1cncc(CN2CCNCC2)c1. The van der Waals surface area contributed by atoms with Crippen LogP contribution in [0.25, 0.3) is 42.9 Å². The lowest BCUT2D eigenvalue weighted by molar-refractivity contribution is -0.135. The van der Waals surface area contributed by atoms with Gasteiger partial charge in [0.05, 0.1) is 27.6 Å². The molecule has 22 heteroatoms. The van der Waals surface area contributed by atoms with Gasteiger partial charge in [-0.3, -0.25) is 38.9 Å². The number of halogens is 2. The summed E-state index contributed by atoms with van der Waals surface area (Å²) in [5.41, 5.74) is 16.7. The molecule has 0 aliphatic carbocycles. The number of alkyl halides is 2. The number of thiophene rings is 3. The second-order valence-corrected chi connectivity index (χ2v) is 37.3. The van der Waals surface area contributed by atoms with Crippen LogP contribution in [0.2, 0.25) is 0 Å². The van der Waals surface area contributed by atoms with Gasteiger partial charge in [-0.15, -0.1) is 57.2 Å². The molecule has 3 amide bonds. The monoisotopic (exact) mass is 1640 g/mol. The molecule has 0 unspecified atom stereocenters. The number of aromatic amines is 2. The summed E-state index contributed by atoms with van der Waals surface area (Å²) in [6.07, 6.45) is 16.5. The third-order valence-corrected chi connectivity index (χ3v) is 27.2. The zero-order valence-corrected chi connectivity index (χ0v) is 73.6. The summed E-state index contributed by atoms with van der Waals surface area (Å²) in [5.74, 6) is 7.55. The molecule has 3 aromatic carbocycles. The molecule has 5 N–H and O–H groups in total. The van der Waals surface area contributed by atoms with Gasteiger partial charge in [0.15, 0.2) is 5.78 Å². The lowest BCUT2D eigenvalue weighted by Gasteiger charge is -2.34. The van der Waals surface area contributed by atoms with E-state index in [1.54, 1.807) is 39.0 Å². The number of aromatic nitrogens is 4. The molecular weight excluding hydrogens is 1520 g/mol. The van der Waals surface area contributed by atoms with E-state index in [4.69, 9.17) is 29.0 Å². The number of piperazine rings is 2. The van der Waals surface area contributed by atoms with Gasteiger partial charge in [-0.1, -0.05) is 63.7 Å². The van der Waals surface area contributed by atoms with Crippen LogP contribution in [0.1, 0.15) is 167 Å². The number of pyridine rings is 2. The third kappa shape index (κ3) is 22.4. The summed E-state index contributed by atoms with van der Waals surface area (Å²) in [4.78, 5) is 85.8. The Hall–Kier alpha value is -7.60. The molecule has 0 bridgehead atoms. The van der Waals surface area contributed by atoms with Crippen LogP contribution < -0.4 is 16.2 Å². The zero-order chi connectivity index (χ0) is 81.4. The third-order valence-electron chi connectivity index (χ3n) is 22.6. The molecule has 0 atom stereocenters. The smallest absolute Gasteiger partial charge is 0.233 e. The van der Waals surface area contributed by atoms with Crippen LogP contribution in [0.4, 0.5) is 5.00 Å². The van der Waals surface area contributed by atoms with E-state index in [9.17, 15) is 19.2 Å². The van der Waals surface area contributed by atoms with Crippen molar-refractivity contribution in [2.45, 2.75) is 170 Å². The molecule has 7 aromatic heterocycles. The number of nitrogens with zero attached hydrogens (tertiary/aromatic N) is 9. The topological polar surface area (TPSA) is 186 Å². The first-order valence-electron chi connectivity index (χ1n) is 40.9. The number of hydrazine groups is 1. The fourth-order valence-corrected chi connectivity index (χ4v) is 20.0. The van der Waals surface area contributed by atoms with E-state index in [1.165, 1.54) is 76.9 Å². The van der Waals surface area contributed by atoms with Crippen LogP contribution in [0.5, 0.6) is 0 Å². The first-order valence-corrected chi connectivity index (χ1v) is 44.4. The highest BCUT2D eigenvalue weighted by molar-refractivity contribution is 7.19. The van der Waals surface area contributed by atoms with E-state index in [0.717, 1.165) is 209 Å². The van der Waals surface area contributed by atoms with Gasteiger partial charge in [0.25, 0.3) is 0 Å². The number of benzene rings is 3. The summed E-state index contributed by atoms with van der Waals surface area (Å²) in [7, 11) is 1.81. The molecule has 5 fully saturated rings. The molecular formula is C92H121Cl2N13O4S3. The van der Waals surface area contributed by atoms with Crippen LogP contribution in [0, 0.1) is 41.5 Å². The Kier molecular flexibility index (Phi) is 30.6. The fraction of sp³-hybridized carbons (Fsp3) is 0.478. The Morgan fingerprint density at radius 1 is 0.474 bits per heavy atom. The highest BCUT2D eigenvalue weighted by Gasteiger charge is 2.40. The van der Waals surface area contributed by atoms with Crippen LogP contribution >= 0.6 is 57.2 Å². The van der Waals surface area contributed by atoms with Crippen molar-refractivity contribution in [3.8, 4) is 22.5 Å². The number of anilines is 1. The Bertz CT molecular complexity index is 4770. The number of nitrogens with one attached hydrogen (secondary N) is 3. The second kappa shape index (κ2) is 40.0. The van der Waals surface area contributed by atoms with Crippen LogP contribution in [0.3, 0.4) is 0 Å². The number of rotatable bonds is 21. The van der Waals surface area contributed by atoms with Crippen LogP contribution in [-0.4, -0.2) is 190 Å². The molecule has 5 saturated heterocycles. The quantitative estimate of drug-likeness (QED) is 0.0231. The first kappa shape index (κ1) is 87.2. The predicted octanol–water partition coefficient (Wildman–Crippen LogP) is 17.9. The van der Waals surface area contributed by atoms with Gasteiger partial charge in [0, 0.05) is 192 Å². The minimum absolute atomic E-state index is 0.127. The molecule has 12 heterocycles. The fourth-order valence-electron chi connectivity index (χ4n) is 16.3. The van der Waals surface area contributed by atoms with Gasteiger partial charge in [0.2, 0.25) is 17.7 Å². The van der Waals surface area contributed by atoms with Crippen molar-refractivity contribution in [2.75, 3.05) is 122 Å². The zero-order valence-electron chi connectivity index (χ0n) is 69.6. The van der Waals surface area contributed by atoms with Gasteiger partial charge in [0.1, 0.15) is 14.7 Å². The number of carbonyl (C=O) groups excluding carboxylic acids is 4. The number of carbonyl (C=O) groups is 4. The van der Waals surface area contributed by atoms with Crippen molar-refractivity contribution in [1.29, 1.82) is 0 Å². The highest BCUT2D eigenvalue weighted by atomic mass is 35.5. The Morgan fingerprint density at radius 3 is 1.25 bits per heavy atom. The van der Waals surface area contributed by atoms with E-state index in [-0.39, 0.29) is 23.5 Å². The predicted molar refractivity (Wildman–Crippen MR) is 478 cm³/mol. The first-order chi connectivity index (χ1) is 54.6. The van der Waals surface area contributed by atoms with Gasteiger partial charge >= 0.3 is 0 Å². The number of aryl methyl sites for hydroxylation is 7. The molecule has 5 aliphatic heterocycles. The maximum Gasteiger partial charge on any atom is 0.233 e. The lowest BCUT2D eigenvalue weighted by atomic mass is 9.89. The normalized spacial score (nSPS) is 15.8. The minimum Gasteiger partial charge on any atom is -0.346 e. The Balaban J connectivity index is 0.000000152. The van der Waals surface area contributed by atoms with Crippen molar-refractivity contribution in [2.24, 2.45) is 5.84 Å². The lowest BCUT2D eigenvalue weighted by Crippen LogP contribution is -2.46. The number of Topliss-reactive ketones (excluding diaryl/α,β-unsaturated/α-hetero) is 1. The summed E-state index contributed by atoms with van der Waals surface area (Å²) < 4.78 is 0. The standard InChI is InChI=1S/C34H43N5OS.C24H29ClN2OS.C13H21N3OS.C11H13ClO.C10H15N3/c1-24-18-25(2)20-27(19-24)31-28(9-13-37-14-16-38(17-15-37)23-26-8-7-10-35-22-26)29-21-30(41-32(29)36-31)34(3,4)33(40)39-11-5-6-12-39;1-15-11-16(2)13-17(12-15)21-18(7-8-25)19-14-20(29-22(19)26-21)24(3,4)23(28)27-9-5-6-10-27;1-13(2,12(17)16-8-4-5-9-16)10-6-7-11(18-10)15(3)14;1-8-5-9(2)7-10(6-8)11(13)3-4-12;1-2-10(8-12-3-1)9-13-6-4-11-5-7-13/h7-8,10,18-22,36H,5-6,9,11-17,23H2,1-4H3;11-14,26H,5-10H2,1-4H3;6-7H,4-5,8-9,14H2,1-3H3;5-7H,3-4H2,1-2H3;1-3,8,11H,4-7,9H2. The number of hydrogen-bond donors (Lipinski definition) is 4. The summed E-state index contributed by atoms with van der Waals surface area (Å²) in [6, 6.07) is 36.2. The molecule has 0 radical (unpaired) electrons. The van der Waals surface area contributed by atoms with Gasteiger partial charge in [-0.05, 0) is 241 Å². The van der Waals surface area contributed by atoms with Crippen molar-refractivity contribution < 1.29 is 19.2 Å². The number of nitrogens with two attached hydrogens (primary N) is 1. The maximum atomic E-state index is 13.5. The molecule has 114 heavy (non-hydrogen) atoms. The summed E-state index contributed by atoms with van der Waals surface area (Å²) in [6.45, 7) is 42.2. The number of fused-ring (bicyclic) bond motifs is 2. The summed E-state index contributed by atoms with van der Waals surface area (Å²) >= 11 is 16.7. The largest absolute Gasteiger partial charge is 0.346 e. The minimum atomic E-state index is -0.517. The van der Waals surface area contributed by atoms with Gasteiger partial charge in [-0.25, -0.2) is 5.84 Å². The number of H-pyrrole nitrogens is 2. The highest BCUT2D eigenvalue weighted by Crippen LogP contribution is 2.44. The number of likely N-dealkylation sites (tertiary alicyclic amines) is 3. The molecule has 5 aliphatic rings. The van der Waals surface area contributed by atoms with E-state index in [1.807, 2.05) is 106 Å².